The van der Waals surface area contributed by atoms with Gasteiger partial charge in [0, 0.05) is 12.8 Å². The maximum absolute atomic E-state index is 12.6. The Morgan fingerprint density at radius 1 is 0.571 bits per heavy atom. The van der Waals surface area contributed by atoms with Gasteiger partial charge in [0.15, 0.2) is 6.10 Å². The van der Waals surface area contributed by atoms with E-state index in [-0.39, 0.29) is 12.8 Å². The number of hydrogen-bond donors (Lipinski definition) is 4. The molecule has 0 fully saturated rings. The monoisotopic (exact) mass is 898 g/mol. The highest BCUT2D eigenvalue weighted by molar-refractivity contribution is 7.47. The van der Waals surface area contributed by atoms with Crippen LogP contribution in [0.3, 0.4) is 0 Å². The Labute approximate surface area is 377 Å². The van der Waals surface area contributed by atoms with Crippen molar-refractivity contribution in [3.8, 4) is 0 Å². The zero-order valence-electron chi connectivity index (χ0n) is 37.7. The summed E-state index contributed by atoms with van der Waals surface area (Å²) in [7, 11) is -4.77. The maximum atomic E-state index is 12.6. The molecule has 0 saturated carbocycles. The van der Waals surface area contributed by atoms with Gasteiger partial charge in [0.1, 0.15) is 12.6 Å². The average Bonchev–Trinajstić information content (AvgIpc) is 3.25. The largest absolute Gasteiger partial charge is 0.480 e. The lowest BCUT2D eigenvalue weighted by Crippen LogP contribution is -2.34. The van der Waals surface area contributed by atoms with E-state index in [1.807, 2.05) is 54.7 Å². The molecule has 5 N–H and O–H groups in total. The first-order chi connectivity index (χ1) is 30.5. The highest BCUT2D eigenvalue weighted by atomic mass is 31.2. The zero-order valence-corrected chi connectivity index (χ0v) is 38.6. The number of aliphatic hydroxyl groups is 1. The fourth-order valence-electron chi connectivity index (χ4n) is 5.02. The van der Waals surface area contributed by atoms with Crippen LogP contribution in [0.25, 0.3) is 0 Å². The fraction of sp³-hybridized carbons (Fsp3) is 0.500. The van der Waals surface area contributed by atoms with Gasteiger partial charge in [-0.3, -0.25) is 23.4 Å². The molecule has 0 aliphatic carbocycles. The van der Waals surface area contributed by atoms with E-state index in [4.69, 9.17) is 24.8 Å². The van der Waals surface area contributed by atoms with Crippen LogP contribution in [0, 0.1) is 0 Å². The molecule has 4 atom stereocenters. The molecular weight excluding hydrogens is 822 g/mol. The Hall–Kier alpha value is -4.42. The number of rotatable bonds is 39. The molecule has 0 saturated heterocycles. The lowest BCUT2D eigenvalue weighted by molar-refractivity contribution is -0.161. The van der Waals surface area contributed by atoms with Gasteiger partial charge in [-0.25, -0.2) is 4.57 Å². The smallest absolute Gasteiger partial charge is 0.472 e. The second kappa shape index (κ2) is 42.9. The number of aliphatic carboxylic acids is 1. The summed E-state index contributed by atoms with van der Waals surface area (Å²) in [6.45, 7) is 2.34. The summed E-state index contributed by atoms with van der Waals surface area (Å²) in [5.74, 6) is -2.58. The molecule has 12 nitrogen and oxygen atoms in total. The number of carboxylic acid groups (broad SMARTS) is 1. The second-order valence-electron chi connectivity index (χ2n) is 14.3. The van der Waals surface area contributed by atoms with Crippen LogP contribution in [-0.4, -0.2) is 71.1 Å². The minimum atomic E-state index is -4.77. The molecular formula is C50H76NO11P. The highest BCUT2D eigenvalue weighted by Crippen LogP contribution is 2.43. The minimum Gasteiger partial charge on any atom is -0.480 e. The summed E-state index contributed by atoms with van der Waals surface area (Å²) >= 11 is 0. The molecule has 0 spiro atoms. The van der Waals surface area contributed by atoms with Gasteiger partial charge in [-0.2, -0.15) is 0 Å². The van der Waals surface area contributed by atoms with Gasteiger partial charge in [0.2, 0.25) is 0 Å². The molecule has 0 aromatic carbocycles. The van der Waals surface area contributed by atoms with Crippen LogP contribution in [0.5, 0.6) is 0 Å². The highest BCUT2D eigenvalue weighted by Gasteiger charge is 2.28. The number of ether oxygens (including phenoxy) is 2. The van der Waals surface area contributed by atoms with Gasteiger partial charge in [-0.1, -0.05) is 154 Å². The molecule has 0 rings (SSSR count). The number of hydrogen-bond acceptors (Lipinski definition) is 10. The van der Waals surface area contributed by atoms with E-state index in [2.05, 4.69) is 91.3 Å². The zero-order chi connectivity index (χ0) is 46.5. The molecule has 0 bridgehead atoms. The quantitative estimate of drug-likeness (QED) is 0.0150. The third-order valence-electron chi connectivity index (χ3n) is 8.49. The van der Waals surface area contributed by atoms with Gasteiger partial charge in [0.05, 0.1) is 19.3 Å². The number of phosphoric acid groups is 1. The van der Waals surface area contributed by atoms with Gasteiger partial charge in [-0.15, -0.1) is 0 Å². The first-order valence-electron chi connectivity index (χ1n) is 22.3. The van der Waals surface area contributed by atoms with E-state index < -0.39 is 63.8 Å². The number of nitrogens with two attached hydrogens (primary N) is 1. The van der Waals surface area contributed by atoms with Crippen LogP contribution >= 0.6 is 7.82 Å². The number of carbonyl (C=O) groups excluding carboxylic acids is 2. The van der Waals surface area contributed by atoms with Crippen LogP contribution in [-0.2, 0) is 37.5 Å². The van der Waals surface area contributed by atoms with E-state index in [0.717, 1.165) is 70.6 Å². The van der Waals surface area contributed by atoms with Crippen molar-refractivity contribution >= 4 is 25.7 Å². The van der Waals surface area contributed by atoms with E-state index in [9.17, 15) is 28.9 Å². The van der Waals surface area contributed by atoms with Crippen molar-refractivity contribution in [2.45, 2.75) is 141 Å². The van der Waals surface area contributed by atoms with Crippen molar-refractivity contribution < 1.29 is 52.6 Å². The van der Waals surface area contributed by atoms with Crippen molar-refractivity contribution in [2.75, 3.05) is 19.8 Å². The van der Waals surface area contributed by atoms with Crippen molar-refractivity contribution in [1.29, 1.82) is 0 Å². The first-order valence-corrected chi connectivity index (χ1v) is 23.8. The molecule has 0 amide bonds. The van der Waals surface area contributed by atoms with Crippen LogP contribution in [0.15, 0.2) is 134 Å². The maximum Gasteiger partial charge on any atom is 0.472 e. The lowest BCUT2D eigenvalue weighted by Gasteiger charge is -2.20. The SMILES string of the molecule is CC/C=C\C/C=C\C/C=C\C/C=C\C/C=C\CCCCCC(=O)OC[C@H](COP(=O)(O)OC[C@H](N)C(=O)O)OC(=O)CC/C=C\C/C=C\C/C=C\C/C=C/C=C/C(O)C/C=C\CC. The Balaban J connectivity index is 4.60. The topological polar surface area (TPSA) is 192 Å². The normalized spacial score (nSPS) is 15.4. The Kier molecular flexibility index (Phi) is 39.9. The molecule has 0 radical (unpaired) electrons. The second-order valence-corrected chi connectivity index (χ2v) is 15.7. The van der Waals surface area contributed by atoms with Crippen molar-refractivity contribution in [3.63, 3.8) is 0 Å². The molecule has 0 aliphatic heterocycles. The Bertz CT molecular complexity index is 1590. The molecule has 0 aromatic rings. The predicted octanol–water partition coefficient (Wildman–Crippen LogP) is 11.1. The number of allylic oxidation sites excluding steroid dienone is 20. The minimum absolute atomic E-state index is 0.00358. The van der Waals surface area contributed by atoms with Crippen LogP contribution in [0.2, 0.25) is 0 Å². The predicted molar refractivity (Wildman–Crippen MR) is 255 cm³/mol. The Morgan fingerprint density at radius 3 is 1.62 bits per heavy atom. The van der Waals surface area contributed by atoms with Gasteiger partial charge in [-0.05, 0) is 89.9 Å². The third kappa shape index (κ3) is 42.6. The molecule has 0 aliphatic rings. The number of carboxylic acids is 1. The van der Waals surface area contributed by atoms with E-state index in [1.54, 1.807) is 6.08 Å². The molecule has 0 aromatic heterocycles. The number of phosphoric ester groups is 1. The number of esters is 2. The summed E-state index contributed by atoms with van der Waals surface area (Å²) in [4.78, 5) is 46.0. The van der Waals surface area contributed by atoms with Crippen LogP contribution in [0.1, 0.15) is 123 Å². The first kappa shape index (κ1) is 58.6. The lowest BCUT2D eigenvalue weighted by atomic mass is 10.1. The number of unbranched alkanes of at least 4 members (excludes halogenated alkanes) is 3. The fourth-order valence-corrected chi connectivity index (χ4v) is 5.80. The summed E-state index contributed by atoms with van der Waals surface area (Å²) in [5.41, 5.74) is 5.33. The number of aliphatic hydroxyl groups excluding tert-OH is 1. The average molecular weight is 898 g/mol. The molecule has 0 heterocycles. The van der Waals surface area contributed by atoms with Gasteiger partial charge < -0.3 is 30.3 Å². The van der Waals surface area contributed by atoms with Crippen molar-refractivity contribution in [1.82, 2.24) is 0 Å². The molecule has 2 unspecified atom stereocenters. The molecule has 352 valence electrons. The van der Waals surface area contributed by atoms with Crippen molar-refractivity contribution in [2.24, 2.45) is 5.73 Å². The summed E-state index contributed by atoms with van der Waals surface area (Å²) in [6.07, 6.45) is 55.7. The van der Waals surface area contributed by atoms with E-state index in [0.29, 0.717) is 25.7 Å². The summed E-state index contributed by atoms with van der Waals surface area (Å²) in [6, 6.07) is -1.55. The third-order valence-corrected chi connectivity index (χ3v) is 9.44. The van der Waals surface area contributed by atoms with Crippen LogP contribution < -0.4 is 5.73 Å². The standard InChI is InChI=1S/C50H76NO11P/c1-3-5-7-8-9-10-11-12-13-14-15-16-17-20-23-26-29-32-36-40-48(53)59-42-46(43-60-63(57,58)61-44-47(51)50(55)56)62-49(54)41-37-33-30-27-24-21-18-19-22-25-28-31-35-39-45(52)38-34-6-4-2/h5-7,9-10,12-13,15-16,19-24,28,30-31,33-35,39,45-47,52H,3-4,8,11,14,17-18,25-27,29,32,36-38,40-44,51H2,1-2H3,(H,55,56)(H,57,58)/b7-5-,10-9-,13-12-,16-15-,22-19-,23-20-,24-21-,31-28+,33-30-,34-6-,39-35+/t45?,46-,47+/m1/s1. The summed E-state index contributed by atoms with van der Waals surface area (Å²) in [5, 5.41) is 18.7. The van der Waals surface area contributed by atoms with Crippen molar-refractivity contribution in [3.05, 3.63) is 134 Å². The molecule has 63 heavy (non-hydrogen) atoms. The van der Waals surface area contributed by atoms with Crippen LogP contribution in [0.4, 0.5) is 0 Å². The van der Waals surface area contributed by atoms with E-state index >= 15 is 0 Å². The Morgan fingerprint density at radius 2 is 1.06 bits per heavy atom. The number of carbonyl (C=O) groups is 3. The molecule has 13 heteroatoms. The van der Waals surface area contributed by atoms with Gasteiger partial charge >= 0.3 is 25.7 Å². The van der Waals surface area contributed by atoms with Gasteiger partial charge in [0.25, 0.3) is 0 Å². The summed E-state index contributed by atoms with van der Waals surface area (Å²) < 4.78 is 32.6. The van der Waals surface area contributed by atoms with E-state index in [1.165, 1.54) is 0 Å².